The Morgan fingerprint density at radius 2 is 1.75 bits per heavy atom. The molecular formula is C11H16BF3N-. The molecule has 0 N–H and O–H groups in total. The third-order valence-corrected chi connectivity index (χ3v) is 2.33. The van der Waals surface area contributed by atoms with Crippen LogP contribution < -0.4 is 4.90 Å². The van der Waals surface area contributed by atoms with Crippen LogP contribution in [0.25, 0.3) is 0 Å². The van der Waals surface area contributed by atoms with Crippen LogP contribution in [-0.4, -0.2) is 20.0 Å². The third-order valence-electron chi connectivity index (χ3n) is 2.33. The SMILES string of the molecule is CCCCN(C[B-](F)(F)F)c1ccccc1. The zero-order chi connectivity index (χ0) is 12.0. The number of para-hydroxylation sites is 1. The number of hydrogen-bond acceptors (Lipinski definition) is 1. The Bertz CT molecular complexity index is 300. The highest BCUT2D eigenvalue weighted by Gasteiger charge is 2.26. The van der Waals surface area contributed by atoms with E-state index < -0.39 is 13.4 Å². The molecule has 0 fully saturated rings. The van der Waals surface area contributed by atoms with Gasteiger partial charge in [-0.1, -0.05) is 31.5 Å². The van der Waals surface area contributed by atoms with E-state index in [1.807, 2.05) is 6.92 Å². The van der Waals surface area contributed by atoms with Gasteiger partial charge in [-0.25, -0.2) is 0 Å². The van der Waals surface area contributed by atoms with Crippen LogP contribution in [0, 0.1) is 0 Å². The van der Waals surface area contributed by atoms with E-state index in [0.29, 0.717) is 12.2 Å². The summed E-state index contributed by atoms with van der Waals surface area (Å²) in [5, 5.41) is 0. The maximum absolute atomic E-state index is 12.4. The Labute approximate surface area is 94.3 Å². The van der Waals surface area contributed by atoms with Crippen molar-refractivity contribution in [2.75, 3.05) is 17.9 Å². The molecule has 0 aliphatic heterocycles. The predicted molar refractivity (Wildman–Crippen MR) is 62.6 cm³/mol. The van der Waals surface area contributed by atoms with Gasteiger partial charge < -0.3 is 17.8 Å². The highest BCUT2D eigenvalue weighted by atomic mass is 19.4. The summed E-state index contributed by atoms with van der Waals surface area (Å²) in [6, 6.07) is 8.77. The summed E-state index contributed by atoms with van der Waals surface area (Å²) in [7, 11) is 0. The van der Waals surface area contributed by atoms with Gasteiger partial charge in [0.25, 0.3) is 0 Å². The van der Waals surface area contributed by atoms with Crippen LogP contribution in [0.1, 0.15) is 19.8 Å². The fourth-order valence-electron chi connectivity index (χ4n) is 1.56. The van der Waals surface area contributed by atoms with E-state index in [-0.39, 0.29) is 0 Å². The lowest BCUT2D eigenvalue weighted by Crippen LogP contribution is -2.38. The summed E-state index contributed by atoms with van der Waals surface area (Å²) >= 11 is 0. The highest BCUT2D eigenvalue weighted by Crippen LogP contribution is 2.19. The third kappa shape index (κ3) is 4.60. The average Bonchev–Trinajstić information content (AvgIpc) is 2.24. The molecule has 0 spiro atoms. The number of nitrogens with zero attached hydrogens (tertiary/aromatic N) is 1. The lowest BCUT2D eigenvalue weighted by molar-refractivity contribution is 0.466. The molecule has 0 aliphatic carbocycles. The second-order valence-electron chi connectivity index (χ2n) is 3.85. The second kappa shape index (κ2) is 5.82. The van der Waals surface area contributed by atoms with Gasteiger partial charge in [-0.2, -0.15) is 0 Å². The van der Waals surface area contributed by atoms with E-state index in [2.05, 4.69) is 0 Å². The topological polar surface area (TPSA) is 3.24 Å². The molecule has 0 bridgehead atoms. The van der Waals surface area contributed by atoms with Crippen molar-refractivity contribution in [2.45, 2.75) is 19.8 Å². The van der Waals surface area contributed by atoms with Gasteiger partial charge in [-0.15, -0.1) is 0 Å². The van der Waals surface area contributed by atoms with Crippen molar-refractivity contribution >= 4 is 12.7 Å². The summed E-state index contributed by atoms with van der Waals surface area (Å²) in [6.07, 6.45) is 0.860. The molecule has 0 unspecified atom stereocenters. The van der Waals surface area contributed by atoms with Crippen LogP contribution >= 0.6 is 0 Å². The molecule has 1 aromatic carbocycles. The molecule has 5 heteroatoms. The molecule has 1 rings (SSSR count). The van der Waals surface area contributed by atoms with Gasteiger partial charge in [-0.3, -0.25) is 0 Å². The molecule has 0 heterocycles. The maximum atomic E-state index is 12.4. The first-order valence-electron chi connectivity index (χ1n) is 5.54. The van der Waals surface area contributed by atoms with Crippen molar-refractivity contribution in [1.82, 2.24) is 0 Å². The lowest BCUT2D eigenvalue weighted by Gasteiger charge is -2.30. The van der Waals surface area contributed by atoms with E-state index in [4.69, 9.17) is 0 Å². The standard InChI is InChI=1S/C11H16BF3N/c1-2-3-9-16(10-12(13,14)15)11-7-5-4-6-8-11/h4-8H,2-3,9-10H2,1H3/q-1. The van der Waals surface area contributed by atoms with Crippen molar-refractivity contribution in [3.05, 3.63) is 30.3 Å². The quantitative estimate of drug-likeness (QED) is 0.673. The molecule has 1 aromatic rings. The van der Waals surface area contributed by atoms with Gasteiger partial charge in [0.15, 0.2) is 0 Å². The first kappa shape index (κ1) is 12.9. The number of halogens is 3. The van der Waals surface area contributed by atoms with Crippen molar-refractivity contribution in [3.63, 3.8) is 0 Å². The fourth-order valence-corrected chi connectivity index (χ4v) is 1.56. The summed E-state index contributed by atoms with van der Waals surface area (Å²) in [5.74, 6) is 0. The molecule has 16 heavy (non-hydrogen) atoms. The van der Waals surface area contributed by atoms with Gasteiger partial charge in [0.05, 0.1) is 0 Å². The molecule has 0 saturated carbocycles. The molecule has 0 aliphatic rings. The van der Waals surface area contributed by atoms with E-state index in [9.17, 15) is 12.9 Å². The van der Waals surface area contributed by atoms with Crippen molar-refractivity contribution in [3.8, 4) is 0 Å². The Morgan fingerprint density at radius 3 is 2.25 bits per heavy atom. The van der Waals surface area contributed by atoms with Crippen molar-refractivity contribution in [2.24, 2.45) is 0 Å². The molecule has 1 nitrogen and oxygen atoms in total. The minimum atomic E-state index is -4.77. The molecule has 0 atom stereocenters. The predicted octanol–water partition coefficient (Wildman–Crippen LogP) is 3.68. The minimum Gasteiger partial charge on any atom is -0.448 e. The summed E-state index contributed by atoms with van der Waals surface area (Å²) in [6.45, 7) is -2.34. The van der Waals surface area contributed by atoms with Crippen molar-refractivity contribution in [1.29, 1.82) is 0 Å². The average molecular weight is 230 g/mol. The van der Waals surface area contributed by atoms with Crippen molar-refractivity contribution < 1.29 is 12.9 Å². The van der Waals surface area contributed by atoms with E-state index in [1.54, 1.807) is 30.3 Å². The first-order chi connectivity index (χ1) is 7.53. The summed E-state index contributed by atoms with van der Waals surface area (Å²) in [5.41, 5.74) is 0.648. The van der Waals surface area contributed by atoms with E-state index in [1.165, 1.54) is 4.90 Å². The maximum Gasteiger partial charge on any atom is 0.497 e. The van der Waals surface area contributed by atoms with Crippen LogP contribution in [0.4, 0.5) is 18.6 Å². The van der Waals surface area contributed by atoms with E-state index >= 15 is 0 Å². The van der Waals surface area contributed by atoms with Crippen LogP contribution in [0.15, 0.2) is 30.3 Å². The monoisotopic (exact) mass is 230 g/mol. The number of hydrogen-bond donors (Lipinski definition) is 0. The summed E-state index contributed by atoms with van der Waals surface area (Å²) in [4.78, 5) is 1.41. The van der Waals surface area contributed by atoms with Gasteiger partial charge in [0.1, 0.15) is 0 Å². The van der Waals surface area contributed by atoms with Crippen LogP contribution in [-0.2, 0) is 0 Å². The fraction of sp³-hybridized carbons (Fsp3) is 0.455. The molecule has 90 valence electrons. The highest BCUT2D eigenvalue weighted by molar-refractivity contribution is 6.59. The van der Waals surface area contributed by atoms with Crippen LogP contribution in [0.5, 0.6) is 0 Å². The summed E-state index contributed by atoms with van der Waals surface area (Å²) < 4.78 is 37.3. The molecule has 0 aromatic heterocycles. The number of unbranched alkanes of at least 4 members (excludes halogenated alkanes) is 1. The molecule has 0 saturated heterocycles. The molecule has 0 radical (unpaired) electrons. The van der Waals surface area contributed by atoms with Crippen LogP contribution in [0.3, 0.4) is 0 Å². The number of anilines is 1. The largest absolute Gasteiger partial charge is 0.497 e. The Balaban J connectivity index is 2.71. The van der Waals surface area contributed by atoms with Gasteiger partial charge in [-0.05, 0) is 25.0 Å². The second-order valence-corrected chi connectivity index (χ2v) is 3.85. The van der Waals surface area contributed by atoms with Gasteiger partial charge in [0, 0.05) is 12.2 Å². The Morgan fingerprint density at radius 1 is 1.12 bits per heavy atom. The first-order valence-corrected chi connectivity index (χ1v) is 5.54. The Hall–Kier alpha value is -1.13. The number of rotatable bonds is 6. The van der Waals surface area contributed by atoms with E-state index in [0.717, 1.165) is 12.8 Å². The molecular weight excluding hydrogens is 214 g/mol. The van der Waals surface area contributed by atoms with Gasteiger partial charge >= 0.3 is 6.98 Å². The Kier molecular flexibility index (Phi) is 4.71. The van der Waals surface area contributed by atoms with Gasteiger partial charge in [0.2, 0.25) is 0 Å². The zero-order valence-electron chi connectivity index (χ0n) is 9.37. The van der Waals surface area contributed by atoms with Crippen LogP contribution in [0.2, 0.25) is 0 Å². The lowest BCUT2D eigenvalue weighted by atomic mass is 9.90. The minimum absolute atomic E-state index is 0.460. The smallest absolute Gasteiger partial charge is 0.448 e. The zero-order valence-corrected chi connectivity index (χ0v) is 9.37. The number of benzene rings is 1. The molecule has 0 amide bonds. The normalized spacial score (nSPS) is 11.5.